The average Bonchev–Trinajstić information content (AvgIpc) is 2.51. The monoisotopic (exact) mass is 248 g/mol. The molecule has 2 N–H and O–H groups in total. The molecule has 0 aromatic heterocycles. The molecule has 1 aromatic carbocycles. The largest absolute Gasteiger partial charge is 0.497 e. The summed E-state index contributed by atoms with van der Waals surface area (Å²) in [5, 5.41) is 0. The van der Waals surface area contributed by atoms with Gasteiger partial charge in [-0.05, 0) is 36.8 Å². The molecule has 1 aromatic rings. The lowest BCUT2D eigenvalue weighted by atomic mass is 9.85. The van der Waals surface area contributed by atoms with Crippen LogP contribution in [0.5, 0.6) is 5.75 Å². The highest BCUT2D eigenvalue weighted by molar-refractivity contribution is 5.69. The maximum Gasteiger partial charge on any atom is 0.121 e. The molecule has 0 saturated carbocycles. The lowest BCUT2D eigenvalue weighted by Gasteiger charge is -2.26. The third-order valence-electron chi connectivity index (χ3n) is 3.92. The summed E-state index contributed by atoms with van der Waals surface area (Å²) in [6, 6.07) is 5.90. The van der Waals surface area contributed by atoms with Gasteiger partial charge >= 0.3 is 0 Å². The van der Waals surface area contributed by atoms with E-state index in [1.54, 1.807) is 7.11 Å². The van der Waals surface area contributed by atoms with Crippen LogP contribution in [0.15, 0.2) is 18.2 Å². The first-order valence-corrected chi connectivity index (χ1v) is 6.70. The van der Waals surface area contributed by atoms with Crippen LogP contribution in [-0.4, -0.2) is 20.2 Å². The van der Waals surface area contributed by atoms with E-state index in [0.717, 1.165) is 30.2 Å². The summed E-state index contributed by atoms with van der Waals surface area (Å²) >= 11 is 0. The highest BCUT2D eigenvalue weighted by atomic mass is 16.5. The number of benzene rings is 1. The highest BCUT2D eigenvalue weighted by Crippen LogP contribution is 2.34. The van der Waals surface area contributed by atoms with Gasteiger partial charge in [-0.15, -0.1) is 0 Å². The van der Waals surface area contributed by atoms with Crippen molar-refractivity contribution in [2.75, 3.05) is 30.8 Å². The van der Waals surface area contributed by atoms with Crippen molar-refractivity contribution in [1.29, 1.82) is 0 Å². The van der Waals surface area contributed by atoms with Crippen molar-refractivity contribution in [2.45, 2.75) is 33.1 Å². The molecule has 0 unspecified atom stereocenters. The van der Waals surface area contributed by atoms with Crippen molar-refractivity contribution in [3.63, 3.8) is 0 Å². The number of nitrogen functional groups attached to an aromatic ring is 1. The fourth-order valence-corrected chi connectivity index (χ4v) is 2.59. The van der Waals surface area contributed by atoms with E-state index >= 15 is 0 Å². The quantitative estimate of drug-likeness (QED) is 0.816. The van der Waals surface area contributed by atoms with Gasteiger partial charge in [0.2, 0.25) is 0 Å². The molecule has 1 aliphatic rings. The van der Waals surface area contributed by atoms with Crippen LogP contribution in [0.25, 0.3) is 0 Å². The molecule has 0 radical (unpaired) electrons. The Morgan fingerprint density at radius 2 is 2.00 bits per heavy atom. The van der Waals surface area contributed by atoms with Crippen molar-refractivity contribution in [3.05, 3.63) is 18.2 Å². The molecular formula is C15H24N2O. The van der Waals surface area contributed by atoms with E-state index in [1.165, 1.54) is 19.3 Å². The molecular weight excluding hydrogens is 224 g/mol. The van der Waals surface area contributed by atoms with Gasteiger partial charge in [-0.2, -0.15) is 0 Å². The molecule has 1 fully saturated rings. The molecule has 0 aliphatic carbocycles. The summed E-state index contributed by atoms with van der Waals surface area (Å²) in [4.78, 5) is 2.40. The van der Waals surface area contributed by atoms with E-state index in [9.17, 15) is 0 Å². The minimum atomic E-state index is 0.447. The maximum atomic E-state index is 6.10. The molecule has 0 spiro atoms. The molecule has 0 atom stereocenters. The van der Waals surface area contributed by atoms with Gasteiger partial charge in [-0.3, -0.25) is 0 Å². The molecule has 18 heavy (non-hydrogen) atoms. The second kappa shape index (κ2) is 5.09. The van der Waals surface area contributed by atoms with Gasteiger partial charge in [0.05, 0.1) is 18.5 Å². The van der Waals surface area contributed by atoms with Crippen LogP contribution in [0, 0.1) is 5.41 Å². The Morgan fingerprint density at radius 3 is 2.72 bits per heavy atom. The Labute approximate surface area is 110 Å². The number of hydrogen-bond donors (Lipinski definition) is 1. The van der Waals surface area contributed by atoms with Crippen molar-refractivity contribution < 1.29 is 4.74 Å². The second-order valence-electron chi connectivity index (χ2n) is 5.93. The van der Waals surface area contributed by atoms with Crippen LogP contribution in [0.1, 0.15) is 33.1 Å². The summed E-state index contributed by atoms with van der Waals surface area (Å²) < 4.78 is 5.29. The van der Waals surface area contributed by atoms with Crippen molar-refractivity contribution in [2.24, 2.45) is 5.41 Å². The second-order valence-corrected chi connectivity index (χ2v) is 5.93. The van der Waals surface area contributed by atoms with Crippen LogP contribution in [0.2, 0.25) is 0 Å². The molecule has 2 rings (SSSR count). The number of rotatable bonds is 2. The number of anilines is 2. The van der Waals surface area contributed by atoms with Crippen LogP contribution in [-0.2, 0) is 0 Å². The zero-order valence-corrected chi connectivity index (χ0v) is 11.7. The molecule has 1 aliphatic heterocycles. The summed E-state index contributed by atoms with van der Waals surface area (Å²) in [6.45, 7) is 6.86. The Morgan fingerprint density at radius 1 is 1.22 bits per heavy atom. The normalized spacial score (nSPS) is 19.4. The van der Waals surface area contributed by atoms with E-state index < -0.39 is 0 Å². The van der Waals surface area contributed by atoms with E-state index in [1.807, 2.05) is 18.2 Å². The molecule has 1 heterocycles. The first-order valence-electron chi connectivity index (χ1n) is 6.70. The molecule has 100 valence electrons. The SMILES string of the molecule is COc1ccc(N)c(N2CCCC(C)(C)CC2)c1. The Hall–Kier alpha value is -1.38. The highest BCUT2D eigenvalue weighted by Gasteiger charge is 2.24. The van der Waals surface area contributed by atoms with Gasteiger partial charge in [0.15, 0.2) is 0 Å². The predicted octanol–water partition coefficient (Wildman–Crippen LogP) is 3.29. The van der Waals surface area contributed by atoms with Crippen LogP contribution in [0.3, 0.4) is 0 Å². The first kappa shape index (κ1) is 13.1. The van der Waals surface area contributed by atoms with Gasteiger partial charge in [0, 0.05) is 19.2 Å². The van der Waals surface area contributed by atoms with Gasteiger partial charge in [0.1, 0.15) is 5.75 Å². The molecule has 1 saturated heterocycles. The van der Waals surface area contributed by atoms with Crippen LogP contribution in [0.4, 0.5) is 11.4 Å². The van der Waals surface area contributed by atoms with Crippen molar-refractivity contribution >= 4 is 11.4 Å². The number of ether oxygens (including phenoxy) is 1. The summed E-state index contributed by atoms with van der Waals surface area (Å²) in [5.41, 5.74) is 8.50. The average molecular weight is 248 g/mol. The maximum absolute atomic E-state index is 6.10. The lowest BCUT2D eigenvalue weighted by molar-refractivity contribution is 0.325. The zero-order chi connectivity index (χ0) is 13.2. The Kier molecular flexibility index (Phi) is 3.69. The number of nitrogens with two attached hydrogens (primary N) is 1. The van der Waals surface area contributed by atoms with Gasteiger partial charge < -0.3 is 15.4 Å². The van der Waals surface area contributed by atoms with Gasteiger partial charge in [0.25, 0.3) is 0 Å². The first-order chi connectivity index (χ1) is 8.52. The molecule has 0 amide bonds. The molecule has 3 heteroatoms. The predicted molar refractivity (Wildman–Crippen MR) is 77.3 cm³/mol. The third kappa shape index (κ3) is 2.89. The van der Waals surface area contributed by atoms with Gasteiger partial charge in [-0.1, -0.05) is 13.8 Å². The zero-order valence-electron chi connectivity index (χ0n) is 11.7. The van der Waals surface area contributed by atoms with E-state index in [-0.39, 0.29) is 0 Å². The summed E-state index contributed by atoms with van der Waals surface area (Å²) in [5.74, 6) is 0.878. The summed E-state index contributed by atoms with van der Waals surface area (Å²) in [7, 11) is 1.70. The minimum absolute atomic E-state index is 0.447. The minimum Gasteiger partial charge on any atom is -0.497 e. The van der Waals surface area contributed by atoms with E-state index in [4.69, 9.17) is 10.5 Å². The summed E-state index contributed by atoms with van der Waals surface area (Å²) in [6.07, 6.45) is 3.72. The van der Waals surface area contributed by atoms with E-state index in [0.29, 0.717) is 5.41 Å². The van der Waals surface area contributed by atoms with Crippen molar-refractivity contribution in [3.8, 4) is 5.75 Å². The van der Waals surface area contributed by atoms with E-state index in [2.05, 4.69) is 18.7 Å². The topological polar surface area (TPSA) is 38.5 Å². The molecule has 0 bridgehead atoms. The smallest absolute Gasteiger partial charge is 0.121 e. The molecule has 3 nitrogen and oxygen atoms in total. The number of hydrogen-bond acceptors (Lipinski definition) is 3. The fraction of sp³-hybridized carbons (Fsp3) is 0.600. The Balaban J connectivity index is 2.20. The number of nitrogens with zero attached hydrogens (tertiary/aromatic N) is 1. The third-order valence-corrected chi connectivity index (χ3v) is 3.92. The number of methoxy groups -OCH3 is 1. The van der Waals surface area contributed by atoms with Gasteiger partial charge in [-0.25, -0.2) is 0 Å². The standard InChI is InChI=1S/C15H24N2O/c1-15(2)7-4-9-17(10-8-15)14-11-12(18-3)5-6-13(14)16/h5-6,11H,4,7-10,16H2,1-3H3. The lowest BCUT2D eigenvalue weighted by Crippen LogP contribution is -2.25. The fourth-order valence-electron chi connectivity index (χ4n) is 2.59. The van der Waals surface area contributed by atoms with Crippen LogP contribution < -0.4 is 15.4 Å². The van der Waals surface area contributed by atoms with Crippen LogP contribution >= 0.6 is 0 Å². The Bertz CT molecular complexity index is 415. The van der Waals surface area contributed by atoms with Crippen molar-refractivity contribution in [1.82, 2.24) is 0 Å².